The Morgan fingerprint density at radius 3 is 3.00 bits per heavy atom. The summed E-state index contributed by atoms with van der Waals surface area (Å²) in [5.41, 5.74) is 2.40. The molecule has 0 radical (unpaired) electrons. The number of ketones is 1. The topological polar surface area (TPSA) is 74.4 Å². The number of thiazole rings is 1. The maximum absolute atomic E-state index is 12.4. The molecule has 1 atom stereocenters. The molecule has 3 heterocycles. The van der Waals surface area contributed by atoms with E-state index in [-0.39, 0.29) is 17.4 Å². The summed E-state index contributed by atoms with van der Waals surface area (Å²) in [7, 11) is 0. The van der Waals surface area contributed by atoms with Crippen molar-refractivity contribution in [3.63, 3.8) is 0 Å². The molecule has 0 bridgehead atoms. The fourth-order valence-electron chi connectivity index (χ4n) is 3.34. The first-order valence-electron chi connectivity index (χ1n) is 8.91. The second-order valence-corrected chi connectivity index (χ2v) is 7.70. The molecule has 0 amide bonds. The number of rotatable bonds is 3. The minimum atomic E-state index is -0.200. The number of nitrogens with zero attached hydrogens (tertiary/aromatic N) is 1. The highest BCUT2D eigenvalue weighted by molar-refractivity contribution is 7.07. The molecular formula is C20H21N3O3S. The molecule has 1 saturated heterocycles. The third-order valence-electron chi connectivity index (χ3n) is 4.80. The molecule has 27 heavy (non-hydrogen) atoms. The number of nitrogens with one attached hydrogen (secondary N) is 2. The molecule has 6 nitrogen and oxygen atoms in total. The zero-order valence-corrected chi connectivity index (χ0v) is 15.9. The molecule has 2 aliphatic rings. The molecule has 0 spiro atoms. The molecular weight excluding hydrogens is 362 g/mol. The number of fused-ring (bicyclic) bond motifs is 1. The van der Waals surface area contributed by atoms with Crippen LogP contribution in [0.2, 0.25) is 0 Å². The van der Waals surface area contributed by atoms with Crippen molar-refractivity contribution in [1.82, 2.24) is 10.3 Å². The number of Topliss-reactive ketones (excluding diaryl/α,β-unsaturated/α-hetero) is 1. The number of hydrogen-bond acceptors (Lipinski definition) is 6. The minimum Gasteiger partial charge on any atom is -0.490 e. The van der Waals surface area contributed by atoms with E-state index in [4.69, 9.17) is 4.74 Å². The SMILES string of the molecule is C=CCN1CCOc2ccc(/C=c3\s/c(=C4\CNC(C)C4=O)[nH]c3=O)cc21. The summed E-state index contributed by atoms with van der Waals surface area (Å²) in [5, 5.41) is 3.11. The quantitative estimate of drug-likeness (QED) is 0.749. The van der Waals surface area contributed by atoms with Gasteiger partial charge in [-0.2, -0.15) is 0 Å². The Hall–Kier alpha value is -2.64. The lowest BCUT2D eigenvalue weighted by Crippen LogP contribution is -2.32. The van der Waals surface area contributed by atoms with E-state index in [0.717, 1.165) is 30.1 Å². The highest BCUT2D eigenvalue weighted by Gasteiger charge is 2.26. The van der Waals surface area contributed by atoms with Crippen molar-refractivity contribution >= 4 is 34.5 Å². The zero-order valence-electron chi connectivity index (χ0n) is 15.1. The number of hydrogen-bond donors (Lipinski definition) is 2. The summed E-state index contributed by atoms with van der Waals surface area (Å²) in [4.78, 5) is 29.6. The van der Waals surface area contributed by atoms with Crippen LogP contribution < -0.4 is 29.7 Å². The van der Waals surface area contributed by atoms with Crippen molar-refractivity contribution in [3.05, 3.63) is 56.0 Å². The number of H-pyrrole nitrogens is 1. The fraction of sp³-hybridized carbons (Fsp3) is 0.300. The van der Waals surface area contributed by atoms with E-state index in [9.17, 15) is 9.59 Å². The van der Waals surface area contributed by atoms with Crippen LogP contribution in [0.25, 0.3) is 11.6 Å². The van der Waals surface area contributed by atoms with E-state index in [1.54, 1.807) is 0 Å². The number of carbonyl (C=O) groups is 1. The second-order valence-electron chi connectivity index (χ2n) is 6.65. The summed E-state index contributed by atoms with van der Waals surface area (Å²) in [6, 6.07) is 5.69. The van der Waals surface area contributed by atoms with Crippen molar-refractivity contribution in [2.24, 2.45) is 0 Å². The van der Waals surface area contributed by atoms with Crippen LogP contribution in [-0.2, 0) is 4.79 Å². The number of anilines is 1. The minimum absolute atomic E-state index is 0.0463. The van der Waals surface area contributed by atoms with Crippen LogP contribution >= 0.6 is 11.3 Å². The van der Waals surface area contributed by atoms with Crippen LogP contribution in [0.5, 0.6) is 5.75 Å². The molecule has 0 aliphatic carbocycles. The van der Waals surface area contributed by atoms with Gasteiger partial charge in [-0.15, -0.1) is 17.9 Å². The van der Waals surface area contributed by atoms with E-state index >= 15 is 0 Å². The van der Waals surface area contributed by atoms with Gasteiger partial charge in [-0.25, -0.2) is 0 Å². The average molecular weight is 383 g/mol. The predicted molar refractivity (Wildman–Crippen MR) is 108 cm³/mol. The van der Waals surface area contributed by atoms with Crippen LogP contribution in [-0.4, -0.2) is 43.1 Å². The van der Waals surface area contributed by atoms with Crippen molar-refractivity contribution in [1.29, 1.82) is 0 Å². The van der Waals surface area contributed by atoms with Crippen molar-refractivity contribution in [2.75, 3.05) is 31.1 Å². The Kier molecular flexibility index (Phi) is 4.72. The van der Waals surface area contributed by atoms with Gasteiger partial charge in [0.15, 0.2) is 5.78 Å². The van der Waals surface area contributed by atoms with Gasteiger partial charge in [-0.3, -0.25) is 9.59 Å². The summed E-state index contributed by atoms with van der Waals surface area (Å²) in [6.45, 7) is 8.33. The van der Waals surface area contributed by atoms with Crippen molar-refractivity contribution in [2.45, 2.75) is 13.0 Å². The molecule has 1 fully saturated rings. The van der Waals surface area contributed by atoms with E-state index in [1.165, 1.54) is 11.3 Å². The molecule has 2 aromatic rings. The first-order chi connectivity index (χ1) is 13.1. The first-order valence-corrected chi connectivity index (χ1v) is 9.73. The van der Waals surface area contributed by atoms with E-state index in [1.807, 2.05) is 37.3 Å². The fourth-order valence-corrected chi connectivity index (χ4v) is 4.34. The lowest BCUT2D eigenvalue weighted by molar-refractivity contribution is -0.114. The molecule has 140 valence electrons. The van der Waals surface area contributed by atoms with Gasteiger partial charge in [0.05, 0.1) is 22.8 Å². The van der Waals surface area contributed by atoms with Crippen LogP contribution in [0.4, 0.5) is 5.69 Å². The molecule has 2 N–H and O–H groups in total. The monoisotopic (exact) mass is 383 g/mol. The Labute approximate surface area is 160 Å². The smallest absolute Gasteiger partial charge is 0.266 e. The molecule has 4 rings (SSSR count). The van der Waals surface area contributed by atoms with Crippen molar-refractivity contribution in [3.8, 4) is 5.75 Å². The molecule has 1 unspecified atom stereocenters. The van der Waals surface area contributed by atoms with Crippen molar-refractivity contribution < 1.29 is 9.53 Å². The van der Waals surface area contributed by atoms with Gasteiger partial charge in [-0.1, -0.05) is 12.1 Å². The summed E-state index contributed by atoms with van der Waals surface area (Å²) in [5.74, 6) is 0.887. The maximum Gasteiger partial charge on any atom is 0.266 e. The van der Waals surface area contributed by atoms with E-state index in [0.29, 0.717) is 27.9 Å². The van der Waals surface area contributed by atoms with Gasteiger partial charge < -0.3 is 19.9 Å². The van der Waals surface area contributed by atoms with Gasteiger partial charge in [0.1, 0.15) is 17.0 Å². The van der Waals surface area contributed by atoms with Gasteiger partial charge >= 0.3 is 0 Å². The predicted octanol–water partition coefficient (Wildman–Crippen LogP) is 0.362. The Morgan fingerprint density at radius 1 is 1.41 bits per heavy atom. The number of carbonyl (C=O) groups excluding carboxylic acids is 1. The zero-order chi connectivity index (χ0) is 19.0. The Morgan fingerprint density at radius 2 is 2.26 bits per heavy atom. The van der Waals surface area contributed by atoms with Gasteiger partial charge in [0.2, 0.25) is 0 Å². The number of aromatic amines is 1. The highest BCUT2D eigenvalue weighted by atomic mass is 32.1. The highest BCUT2D eigenvalue weighted by Crippen LogP contribution is 2.32. The maximum atomic E-state index is 12.4. The van der Waals surface area contributed by atoms with Crippen LogP contribution in [0.1, 0.15) is 12.5 Å². The molecule has 0 saturated carbocycles. The largest absolute Gasteiger partial charge is 0.490 e. The number of ether oxygens (including phenoxy) is 1. The Bertz CT molecular complexity index is 1080. The van der Waals surface area contributed by atoms with E-state index in [2.05, 4.69) is 21.8 Å². The number of benzene rings is 1. The van der Waals surface area contributed by atoms with Crippen LogP contribution in [0.15, 0.2) is 35.6 Å². The summed E-state index contributed by atoms with van der Waals surface area (Å²) in [6.07, 6.45) is 3.72. The standard InChI is InChI=1S/C20H21N3O3S/c1-3-6-23-7-8-26-16-5-4-13(9-15(16)23)10-17-19(25)22-20(27-17)14-11-21-12(2)18(14)24/h3-5,9-10,12,21H,1,6-8,11H2,2H3,(H,22,25)/b17-10-,20-14+. The summed E-state index contributed by atoms with van der Waals surface area (Å²) >= 11 is 1.32. The van der Waals surface area contributed by atoms with E-state index < -0.39 is 0 Å². The molecule has 2 aliphatic heterocycles. The summed E-state index contributed by atoms with van der Waals surface area (Å²) < 4.78 is 6.94. The van der Waals surface area contributed by atoms with Crippen LogP contribution in [0.3, 0.4) is 0 Å². The number of aromatic nitrogens is 1. The lowest BCUT2D eigenvalue weighted by atomic mass is 10.1. The third kappa shape index (κ3) is 3.36. The van der Waals surface area contributed by atoms with Gasteiger partial charge in [0.25, 0.3) is 5.56 Å². The average Bonchev–Trinajstić information content (AvgIpc) is 3.18. The molecule has 7 heteroatoms. The molecule has 1 aromatic heterocycles. The van der Waals surface area contributed by atoms with Gasteiger partial charge in [0, 0.05) is 18.7 Å². The first kappa shape index (κ1) is 17.8. The van der Waals surface area contributed by atoms with Gasteiger partial charge in [-0.05, 0) is 30.7 Å². The molecule has 1 aromatic carbocycles. The lowest BCUT2D eigenvalue weighted by Gasteiger charge is -2.30. The normalized spacial score (nSPS) is 22.0. The van der Waals surface area contributed by atoms with Crippen LogP contribution in [0, 0.1) is 0 Å². The Balaban J connectivity index is 1.76. The second kappa shape index (κ2) is 7.17. The third-order valence-corrected chi connectivity index (χ3v) is 5.88.